The molecule has 0 radical (unpaired) electrons. The summed E-state index contributed by atoms with van der Waals surface area (Å²) in [6, 6.07) is 5.44. The largest absolute Gasteiger partial charge is 0.398 e. The van der Waals surface area contributed by atoms with Gasteiger partial charge in [-0.15, -0.1) is 0 Å². The summed E-state index contributed by atoms with van der Waals surface area (Å²) < 4.78 is 10.9. The maximum Gasteiger partial charge on any atom is 0.0736 e. The zero-order chi connectivity index (χ0) is 12.9. The second-order valence-corrected chi connectivity index (χ2v) is 5.05. The number of halogens is 1. The van der Waals surface area contributed by atoms with Crippen molar-refractivity contribution in [1.82, 2.24) is 0 Å². The molecule has 3 nitrogen and oxygen atoms in total. The summed E-state index contributed by atoms with van der Waals surface area (Å²) >= 11 is 5.82. The van der Waals surface area contributed by atoms with E-state index in [1.807, 2.05) is 26.0 Å². The quantitative estimate of drug-likeness (QED) is 0.628. The van der Waals surface area contributed by atoms with Gasteiger partial charge in [0, 0.05) is 30.0 Å². The van der Waals surface area contributed by atoms with Crippen molar-refractivity contribution in [1.29, 1.82) is 0 Å². The van der Waals surface area contributed by atoms with E-state index in [9.17, 15) is 0 Å². The van der Waals surface area contributed by atoms with Gasteiger partial charge in [-0.25, -0.2) is 0 Å². The van der Waals surface area contributed by atoms with Gasteiger partial charge in [0.25, 0.3) is 0 Å². The van der Waals surface area contributed by atoms with Crippen molar-refractivity contribution in [3.63, 3.8) is 0 Å². The Morgan fingerprint density at radius 1 is 1.35 bits per heavy atom. The van der Waals surface area contributed by atoms with Crippen LogP contribution in [0.3, 0.4) is 0 Å². The number of methoxy groups -OCH3 is 1. The van der Waals surface area contributed by atoms with E-state index >= 15 is 0 Å². The first kappa shape index (κ1) is 14.3. The average Bonchev–Trinajstić information content (AvgIpc) is 2.27. The lowest BCUT2D eigenvalue weighted by molar-refractivity contribution is -0.0123. The molecule has 1 aromatic carbocycles. The molecule has 0 saturated carbocycles. The van der Waals surface area contributed by atoms with Gasteiger partial charge in [0.1, 0.15) is 0 Å². The highest BCUT2D eigenvalue weighted by Crippen LogP contribution is 2.19. The Bertz CT molecular complexity index is 366. The molecule has 0 spiro atoms. The number of nitrogens with two attached hydrogens (primary N) is 1. The van der Waals surface area contributed by atoms with Gasteiger partial charge in [0.05, 0.1) is 12.2 Å². The molecule has 0 heterocycles. The van der Waals surface area contributed by atoms with Gasteiger partial charge in [-0.3, -0.25) is 0 Å². The second-order valence-electron chi connectivity index (χ2n) is 4.61. The molecule has 0 unspecified atom stereocenters. The maximum atomic E-state index is 5.83. The van der Waals surface area contributed by atoms with E-state index in [0.29, 0.717) is 23.9 Å². The van der Waals surface area contributed by atoms with Crippen LogP contribution in [0.15, 0.2) is 18.2 Å². The zero-order valence-electron chi connectivity index (χ0n) is 10.6. The predicted molar refractivity (Wildman–Crippen MR) is 71.2 cm³/mol. The normalized spacial score (nSPS) is 11.8. The van der Waals surface area contributed by atoms with E-state index in [-0.39, 0.29) is 5.60 Å². The van der Waals surface area contributed by atoms with Gasteiger partial charge in [-0.05, 0) is 32.4 Å². The van der Waals surface area contributed by atoms with E-state index in [4.69, 9.17) is 26.8 Å². The first-order chi connectivity index (χ1) is 7.94. The number of nitrogen functional groups attached to an aromatic ring is 1. The minimum absolute atomic E-state index is 0.147. The van der Waals surface area contributed by atoms with E-state index in [1.54, 1.807) is 13.2 Å². The second kappa shape index (κ2) is 6.24. The van der Waals surface area contributed by atoms with Crippen LogP contribution in [0.5, 0.6) is 0 Å². The monoisotopic (exact) mass is 257 g/mol. The molecule has 17 heavy (non-hydrogen) atoms. The molecular weight excluding hydrogens is 238 g/mol. The fraction of sp³-hybridized carbons (Fsp3) is 0.538. The summed E-state index contributed by atoms with van der Waals surface area (Å²) in [6.45, 7) is 5.21. The molecule has 2 N–H and O–H groups in total. The van der Waals surface area contributed by atoms with Crippen molar-refractivity contribution < 1.29 is 9.47 Å². The van der Waals surface area contributed by atoms with E-state index in [0.717, 1.165) is 12.0 Å². The molecule has 96 valence electrons. The molecular formula is C13H20ClNO2. The molecule has 4 heteroatoms. The van der Waals surface area contributed by atoms with Gasteiger partial charge in [-0.2, -0.15) is 0 Å². The Labute approximate surface area is 108 Å². The molecule has 0 aromatic heterocycles. The van der Waals surface area contributed by atoms with Crippen LogP contribution in [0, 0.1) is 0 Å². The van der Waals surface area contributed by atoms with Crippen LogP contribution in [0.25, 0.3) is 0 Å². The Hall–Kier alpha value is -0.770. The van der Waals surface area contributed by atoms with Gasteiger partial charge in [0.15, 0.2) is 0 Å². The lowest BCUT2D eigenvalue weighted by Gasteiger charge is -2.22. The van der Waals surface area contributed by atoms with Crippen LogP contribution in [0.4, 0.5) is 5.69 Å². The smallest absolute Gasteiger partial charge is 0.0736 e. The third kappa shape index (κ3) is 4.94. The number of hydrogen-bond donors (Lipinski definition) is 1. The van der Waals surface area contributed by atoms with Gasteiger partial charge in [0.2, 0.25) is 0 Å². The molecule has 0 amide bonds. The molecule has 0 aliphatic carbocycles. The fourth-order valence-corrected chi connectivity index (χ4v) is 1.48. The third-order valence-electron chi connectivity index (χ3n) is 2.77. The highest BCUT2D eigenvalue weighted by atomic mass is 35.5. The molecule has 0 aliphatic heterocycles. The first-order valence-corrected chi connectivity index (χ1v) is 5.99. The van der Waals surface area contributed by atoms with Crippen molar-refractivity contribution in [3.05, 3.63) is 28.8 Å². The first-order valence-electron chi connectivity index (χ1n) is 5.61. The molecule has 1 rings (SSSR count). The molecule has 0 saturated heterocycles. The minimum Gasteiger partial charge on any atom is -0.398 e. The number of anilines is 1. The molecule has 1 aromatic rings. The number of ether oxygens (including phenoxy) is 2. The van der Waals surface area contributed by atoms with Crippen molar-refractivity contribution in [3.8, 4) is 0 Å². The zero-order valence-corrected chi connectivity index (χ0v) is 11.4. The van der Waals surface area contributed by atoms with Crippen LogP contribution in [-0.4, -0.2) is 19.3 Å². The van der Waals surface area contributed by atoms with Crippen LogP contribution >= 0.6 is 11.6 Å². The Kier molecular flexibility index (Phi) is 5.25. The molecule has 0 bridgehead atoms. The number of benzene rings is 1. The maximum absolute atomic E-state index is 5.83. The van der Waals surface area contributed by atoms with E-state index in [1.165, 1.54) is 0 Å². The SMILES string of the molecule is COC(C)(C)CCOCc1ccc(Cl)cc1N. The van der Waals surface area contributed by atoms with Crippen LogP contribution < -0.4 is 5.73 Å². The van der Waals surface area contributed by atoms with Crippen molar-refractivity contribution in [2.24, 2.45) is 0 Å². The summed E-state index contributed by atoms with van der Waals surface area (Å²) in [7, 11) is 1.71. The Morgan fingerprint density at radius 3 is 2.65 bits per heavy atom. The highest BCUT2D eigenvalue weighted by Gasteiger charge is 2.15. The average molecular weight is 258 g/mol. The Morgan fingerprint density at radius 2 is 2.06 bits per heavy atom. The van der Waals surface area contributed by atoms with Crippen LogP contribution in [-0.2, 0) is 16.1 Å². The highest BCUT2D eigenvalue weighted by molar-refractivity contribution is 6.30. The van der Waals surface area contributed by atoms with Gasteiger partial charge in [-0.1, -0.05) is 17.7 Å². The third-order valence-corrected chi connectivity index (χ3v) is 3.00. The van der Waals surface area contributed by atoms with E-state index in [2.05, 4.69) is 0 Å². The predicted octanol–water partition coefficient (Wildman–Crippen LogP) is 3.25. The van der Waals surface area contributed by atoms with Gasteiger partial charge < -0.3 is 15.2 Å². The van der Waals surface area contributed by atoms with Crippen molar-refractivity contribution in [2.75, 3.05) is 19.5 Å². The standard InChI is InChI=1S/C13H20ClNO2/c1-13(2,16-3)6-7-17-9-10-4-5-11(14)8-12(10)15/h4-5,8H,6-7,9,15H2,1-3H3. The van der Waals surface area contributed by atoms with Crippen LogP contribution in [0.2, 0.25) is 5.02 Å². The summed E-state index contributed by atoms with van der Waals surface area (Å²) in [4.78, 5) is 0. The number of rotatable bonds is 6. The minimum atomic E-state index is -0.147. The molecule has 0 atom stereocenters. The lowest BCUT2D eigenvalue weighted by Crippen LogP contribution is -2.24. The summed E-state index contributed by atoms with van der Waals surface area (Å²) in [5.74, 6) is 0. The summed E-state index contributed by atoms with van der Waals surface area (Å²) in [6.07, 6.45) is 0.844. The van der Waals surface area contributed by atoms with E-state index < -0.39 is 0 Å². The summed E-state index contributed by atoms with van der Waals surface area (Å²) in [5.41, 5.74) is 7.31. The topological polar surface area (TPSA) is 44.5 Å². The van der Waals surface area contributed by atoms with Gasteiger partial charge >= 0.3 is 0 Å². The summed E-state index contributed by atoms with van der Waals surface area (Å²) in [5, 5.41) is 0.645. The van der Waals surface area contributed by atoms with Crippen molar-refractivity contribution >= 4 is 17.3 Å². The fourth-order valence-electron chi connectivity index (χ4n) is 1.30. The van der Waals surface area contributed by atoms with Crippen LogP contribution in [0.1, 0.15) is 25.8 Å². The Balaban J connectivity index is 2.36. The molecule has 0 aliphatic rings. The molecule has 0 fully saturated rings. The van der Waals surface area contributed by atoms with Crippen molar-refractivity contribution in [2.45, 2.75) is 32.5 Å². The lowest BCUT2D eigenvalue weighted by atomic mass is 10.1. The number of hydrogen-bond acceptors (Lipinski definition) is 3.